The predicted molar refractivity (Wildman–Crippen MR) is 134 cm³/mol. The SMILES string of the molecule is CCn1c(C)c(C(=O)CN(CCN2CCOCC2)C(=O)CCc2ccccc2)c(C)c1C(=O)OC. The van der Waals surface area contributed by atoms with Gasteiger partial charge in [0, 0.05) is 50.4 Å². The summed E-state index contributed by atoms with van der Waals surface area (Å²) in [6.45, 7) is 10.2. The molecule has 8 heteroatoms. The number of ether oxygens (including phenoxy) is 2. The Balaban J connectivity index is 1.79. The lowest BCUT2D eigenvalue weighted by atomic mass is 10.0. The van der Waals surface area contributed by atoms with E-state index in [-0.39, 0.29) is 18.2 Å². The van der Waals surface area contributed by atoms with Crippen molar-refractivity contribution in [3.05, 3.63) is 58.4 Å². The number of nitrogens with zero attached hydrogens (tertiary/aromatic N) is 3. The summed E-state index contributed by atoms with van der Waals surface area (Å²) in [4.78, 5) is 43.1. The van der Waals surface area contributed by atoms with Crippen LogP contribution in [0.4, 0.5) is 0 Å². The number of methoxy groups -OCH3 is 1. The van der Waals surface area contributed by atoms with Crippen LogP contribution in [0.1, 0.15) is 51.0 Å². The topological polar surface area (TPSA) is 81.1 Å². The Labute approximate surface area is 207 Å². The summed E-state index contributed by atoms with van der Waals surface area (Å²) in [5.41, 5.74) is 3.31. The molecule has 0 bridgehead atoms. The average Bonchev–Trinajstić information content (AvgIpc) is 3.14. The minimum absolute atomic E-state index is 0.0199. The van der Waals surface area contributed by atoms with Crippen molar-refractivity contribution < 1.29 is 23.9 Å². The minimum atomic E-state index is -0.463. The molecule has 190 valence electrons. The van der Waals surface area contributed by atoms with E-state index in [0.717, 1.165) is 24.3 Å². The quantitative estimate of drug-likeness (QED) is 0.361. The Bertz CT molecular complexity index is 1030. The minimum Gasteiger partial charge on any atom is -0.464 e. The van der Waals surface area contributed by atoms with Gasteiger partial charge >= 0.3 is 5.97 Å². The standard InChI is InChI=1S/C27H37N3O5/c1-5-30-21(3)25(20(2)26(30)27(33)34-4)23(31)19-29(14-13-28-15-17-35-18-16-28)24(32)12-11-22-9-7-6-8-10-22/h6-10H,5,11-19H2,1-4H3. The van der Waals surface area contributed by atoms with Crippen molar-refractivity contribution >= 4 is 17.7 Å². The molecule has 1 amide bonds. The van der Waals surface area contributed by atoms with E-state index in [1.807, 2.05) is 48.7 Å². The van der Waals surface area contributed by atoms with Crippen molar-refractivity contribution in [1.29, 1.82) is 0 Å². The number of Topliss-reactive ketones (excluding diaryl/α,β-unsaturated/α-hetero) is 1. The van der Waals surface area contributed by atoms with Gasteiger partial charge in [-0.15, -0.1) is 0 Å². The monoisotopic (exact) mass is 483 g/mol. The lowest BCUT2D eigenvalue weighted by molar-refractivity contribution is -0.131. The van der Waals surface area contributed by atoms with E-state index in [2.05, 4.69) is 4.90 Å². The molecule has 1 aromatic heterocycles. The van der Waals surface area contributed by atoms with Crippen LogP contribution in [0.3, 0.4) is 0 Å². The fraction of sp³-hybridized carbons (Fsp3) is 0.519. The first kappa shape index (κ1) is 26.6. The molecular formula is C27H37N3O5. The molecule has 2 aromatic rings. The number of benzene rings is 1. The Hall–Kier alpha value is -2.97. The summed E-state index contributed by atoms with van der Waals surface area (Å²) in [7, 11) is 1.34. The van der Waals surface area contributed by atoms with Gasteiger partial charge in [0.1, 0.15) is 5.69 Å². The summed E-state index contributed by atoms with van der Waals surface area (Å²) in [5, 5.41) is 0. The lowest BCUT2D eigenvalue weighted by Gasteiger charge is -2.30. The number of hydrogen-bond donors (Lipinski definition) is 0. The van der Waals surface area contributed by atoms with Crippen molar-refractivity contribution in [3.63, 3.8) is 0 Å². The normalized spacial score (nSPS) is 14.1. The third-order valence-corrected chi connectivity index (χ3v) is 6.69. The molecule has 0 saturated carbocycles. The van der Waals surface area contributed by atoms with Gasteiger partial charge in [-0.3, -0.25) is 14.5 Å². The summed E-state index contributed by atoms with van der Waals surface area (Å²) in [6, 6.07) is 9.88. The van der Waals surface area contributed by atoms with Crippen molar-refractivity contribution in [3.8, 4) is 0 Å². The predicted octanol–water partition coefficient (Wildman–Crippen LogP) is 2.89. The number of esters is 1. The molecule has 1 aliphatic heterocycles. The molecule has 0 radical (unpaired) electrons. The highest BCUT2D eigenvalue weighted by Gasteiger charge is 2.28. The molecule has 1 aromatic carbocycles. The lowest BCUT2D eigenvalue weighted by Crippen LogP contribution is -2.44. The van der Waals surface area contributed by atoms with Crippen molar-refractivity contribution in [2.45, 2.75) is 40.2 Å². The molecule has 1 fully saturated rings. The zero-order valence-electron chi connectivity index (χ0n) is 21.3. The van der Waals surface area contributed by atoms with Gasteiger partial charge in [0.15, 0.2) is 5.78 Å². The third-order valence-electron chi connectivity index (χ3n) is 6.69. The van der Waals surface area contributed by atoms with Gasteiger partial charge in [0.25, 0.3) is 0 Å². The fourth-order valence-electron chi connectivity index (χ4n) is 4.75. The van der Waals surface area contributed by atoms with E-state index in [1.165, 1.54) is 7.11 Å². The first-order valence-electron chi connectivity index (χ1n) is 12.3. The second-order valence-electron chi connectivity index (χ2n) is 8.85. The first-order chi connectivity index (χ1) is 16.9. The number of carbonyl (C=O) groups excluding carboxylic acids is 3. The molecule has 0 spiro atoms. The second-order valence-corrected chi connectivity index (χ2v) is 8.85. The largest absolute Gasteiger partial charge is 0.464 e. The van der Waals surface area contributed by atoms with Gasteiger partial charge in [-0.05, 0) is 38.3 Å². The Morgan fingerprint density at radius 1 is 1.09 bits per heavy atom. The van der Waals surface area contributed by atoms with Crippen LogP contribution in [-0.4, -0.2) is 85.1 Å². The number of ketones is 1. The van der Waals surface area contributed by atoms with Crippen molar-refractivity contribution in [2.24, 2.45) is 0 Å². The molecule has 35 heavy (non-hydrogen) atoms. The van der Waals surface area contributed by atoms with Crippen molar-refractivity contribution in [2.75, 3.05) is 53.0 Å². The van der Waals surface area contributed by atoms with Gasteiger partial charge in [-0.25, -0.2) is 4.79 Å². The number of morpholine rings is 1. The maximum Gasteiger partial charge on any atom is 0.354 e. The van der Waals surface area contributed by atoms with E-state index in [1.54, 1.807) is 11.8 Å². The van der Waals surface area contributed by atoms with E-state index < -0.39 is 5.97 Å². The average molecular weight is 484 g/mol. The van der Waals surface area contributed by atoms with Gasteiger partial charge < -0.3 is 18.9 Å². The molecule has 1 saturated heterocycles. The van der Waals surface area contributed by atoms with Crippen molar-refractivity contribution in [1.82, 2.24) is 14.4 Å². The number of rotatable bonds is 11. The highest BCUT2D eigenvalue weighted by atomic mass is 16.5. The van der Waals surface area contributed by atoms with Crippen LogP contribution >= 0.6 is 0 Å². The van der Waals surface area contributed by atoms with Crippen LogP contribution in [0.5, 0.6) is 0 Å². The van der Waals surface area contributed by atoms with Crippen LogP contribution < -0.4 is 0 Å². The zero-order valence-corrected chi connectivity index (χ0v) is 21.3. The summed E-state index contributed by atoms with van der Waals surface area (Å²) < 4.78 is 12.2. The van der Waals surface area contributed by atoms with Crippen LogP contribution in [0.2, 0.25) is 0 Å². The Morgan fingerprint density at radius 2 is 1.77 bits per heavy atom. The van der Waals surface area contributed by atoms with E-state index >= 15 is 0 Å². The van der Waals surface area contributed by atoms with Gasteiger partial charge in [-0.2, -0.15) is 0 Å². The third kappa shape index (κ3) is 6.58. The van der Waals surface area contributed by atoms with Crippen LogP contribution in [0.25, 0.3) is 0 Å². The molecule has 0 unspecified atom stereocenters. The van der Waals surface area contributed by atoms with Gasteiger partial charge in [-0.1, -0.05) is 30.3 Å². The zero-order chi connectivity index (χ0) is 25.4. The van der Waals surface area contributed by atoms with E-state index in [4.69, 9.17) is 9.47 Å². The highest BCUT2D eigenvalue weighted by molar-refractivity contribution is 6.04. The smallest absolute Gasteiger partial charge is 0.354 e. The molecule has 2 heterocycles. The summed E-state index contributed by atoms with van der Waals surface area (Å²) in [6.07, 6.45) is 0.959. The van der Waals surface area contributed by atoms with Crippen LogP contribution in [-0.2, 0) is 27.2 Å². The maximum atomic E-state index is 13.5. The van der Waals surface area contributed by atoms with E-state index in [9.17, 15) is 14.4 Å². The molecule has 8 nitrogen and oxygen atoms in total. The van der Waals surface area contributed by atoms with Gasteiger partial charge in [0.2, 0.25) is 5.91 Å². The molecular weight excluding hydrogens is 446 g/mol. The molecule has 3 rings (SSSR count). The van der Waals surface area contributed by atoms with Gasteiger partial charge in [0.05, 0.1) is 26.9 Å². The number of aromatic nitrogens is 1. The van der Waals surface area contributed by atoms with Crippen LogP contribution in [0.15, 0.2) is 30.3 Å². The number of amides is 1. The van der Waals surface area contributed by atoms with Crippen LogP contribution in [0, 0.1) is 13.8 Å². The molecule has 0 N–H and O–H groups in total. The highest BCUT2D eigenvalue weighted by Crippen LogP contribution is 2.24. The Kier molecular flexibility index (Phi) is 9.63. The first-order valence-corrected chi connectivity index (χ1v) is 12.3. The maximum absolute atomic E-state index is 13.5. The fourth-order valence-corrected chi connectivity index (χ4v) is 4.75. The summed E-state index contributed by atoms with van der Waals surface area (Å²) >= 11 is 0. The number of hydrogen-bond acceptors (Lipinski definition) is 6. The molecule has 0 aliphatic carbocycles. The summed E-state index contributed by atoms with van der Waals surface area (Å²) in [5.74, 6) is -0.670. The Morgan fingerprint density at radius 3 is 2.40 bits per heavy atom. The number of carbonyl (C=O) groups is 3. The molecule has 1 aliphatic rings. The second kappa shape index (κ2) is 12.7. The molecule has 0 atom stereocenters. The number of aryl methyl sites for hydroxylation is 1. The van der Waals surface area contributed by atoms with E-state index in [0.29, 0.717) is 62.5 Å².